The fraction of sp³-hybridized carbons (Fsp3) is 0.241. The quantitative estimate of drug-likeness (QED) is 0.325. The number of hydrogen-bond donors (Lipinski definition) is 1. The van der Waals surface area contributed by atoms with Gasteiger partial charge in [0.25, 0.3) is 0 Å². The minimum absolute atomic E-state index is 0.652. The Morgan fingerprint density at radius 3 is 2.56 bits per heavy atom. The van der Waals surface area contributed by atoms with E-state index in [4.69, 9.17) is 11.6 Å². The number of aromatic nitrogens is 3. The molecule has 1 fully saturated rings. The highest BCUT2D eigenvalue weighted by molar-refractivity contribution is 6.02. The van der Waals surface area contributed by atoms with Crippen LogP contribution in [0.15, 0.2) is 73.2 Å². The molecule has 1 saturated heterocycles. The highest BCUT2D eigenvalue weighted by atomic mass is 15.0. The largest absolute Gasteiger partial charge is 0.351 e. The summed E-state index contributed by atoms with van der Waals surface area (Å²) in [5, 5.41) is 5.89. The van der Waals surface area contributed by atoms with Gasteiger partial charge >= 0.3 is 0 Å². The Morgan fingerprint density at radius 1 is 0.971 bits per heavy atom. The highest BCUT2D eigenvalue weighted by Crippen LogP contribution is 2.39. The summed E-state index contributed by atoms with van der Waals surface area (Å²) in [7, 11) is 2.07. The molecule has 168 valence electrons. The molecular weight excluding hydrogens is 418 g/mol. The van der Waals surface area contributed by atoms with Crippen LogP contribution in [0.3, 0.4) is 0 Å². The van der Waals surface area contributed by atoms with Gasteiger partial charge in [-0.1, -0.05) is 30.3 Å². The maximum atomic E-state index is 7.33. The van der Waals surface area contributed by atoms with Crippen LogP contribution in [-0.4, -0.2) is 27.2 Å². The minimum Gasteiger partial charge on any atom is -0.351 e. The molecule has 0 aliphatic carbocycles. The zero-order valence-corrected chi connectivity index (χ0v) is 19.3. The summed E-state index contributed by atoms with van der Waals surface area (Å²) in [6.07, 6.45) is 8.78. The summed E-state index contributed by atoms with van der Waals surface area (Å²) in [6.45, 7) is 10.6. The van der Waals surface area contributed by atoms with E-state index in [1.807, 2.05) is 18.3 Å². The van der Waals surface area contributed by atoms with Crippen molar-refractivity contribution in [1.29, 1.82) is 0 Å². The molecule has 1 aliphatic heterocycles. The van der Waals surface area contributed by atoms with Crippen LogP contribution in [0, 0.1) is 12.5 Å². The third kappa shape index (κ3) is 3.57. The molecule has 2 aromatic carbocycles. The van der Waals surface area contributed by atoms with E-state index in [0.29, 0.717) is 11.6 Å². The van der Waals surface area contributed by atoms with Crippen LogP contribution >= 0.6 is 0 Å². The molecule has 0 atom stereocenters. The van der Waals surface area contributed by atoms with Gasteiger partial charge in [0.15, 0.2) is 5.69 Å². The van der Waals surface area contributed by atoms with Crippen molar-refractivity contribution in [2.24, 2.45) is 13.0 Å². The van der Waals surface area contributed by atoms with Crippen molar-refractivity contribution < 1.29 is 0 Å². The Kier molecular flexibility index (Phi) is 5.16. The molecule has 1 N–H and O–H groups in total. The third-order valence-electron chi connectivity index (χ3n) is 7.19. The number of hydrogen-bond acceptors (Lipinski definition) is 2. The lowest BCUT2D eigenvalue weighted by Gasteiger charge is -2.23. The lowest BCUT2D eigenvalue weighted by atomic mass is 9.95. The predicted octanol–water partition coefficient (Wildman–Crippen LogP) is 6.41. The van der Waals surface area contributed by atoms with Crippen molar-refractivity contribution in [1.82, 2.24) is 19.4 Å². The van der Waals surface area contributed by atoms with Crippen molar-refractivity contribution in [2.45, 2.75) is 19.4 Å². The molecule has 34 heavy (non-hydrogen) atoms. The van der Waals surface area contributed by atoms with E-state index < -0.39 is 0 Å². The number of pyridine rings is 1. The van der Waals surface area contributed by atoms with Gasteiger partial charge in [0.1, 0.15) is 0 Å². The van der Waals surface area contributed by atoms with E-state index in [2.05, 4.69) is 81.2 Å². The van der Waals surface area contributed by atoms with E-state index in [1.54, 1.807) is 0 Å². The molecule has 5 aromatic rings. The van der Waals surface area contributed by atoms with Crippen LogP contribution in [-0.2, 0) is 13.6 Å². The maximum Gasteiger partial charge on any atom is 0.187 e. The Balaban J connectivity index is 1.52. The molecule has 1 aliphatic rings. The Labute approximate surface area is 199 Å². The molecular formula is C29H27N5. The minimum atomic E-state index is 0.652. The molecule has 4 heterocycles. The summed E-state index contributed by atoms with van der Waals surface area (Å²) in [5.41, 5.74) is 7.35. The lowest BCUT2D eigenvalue weighted by molar-refractivity contribution is 0.337. The lowest BCUT2D eigenvalue weighted by Crippen LogP contribution is -2.29. The van der Waals surface area contributed by atoms with E-state index in [-0.39, 0.29) is 0 Å². The first kappa shape index (κ1) is 20.7. The summed E-state index contributed by atoms with van der Waals surface area (Å²) in [4.78, 5) is 8.61. The maximum absolute atomic E-state index is 7.33. The van der Waals surface area contributed by atoms with Gasteiger partial charge < -0.3 is 14.5 Å². The first-order chi connectivity index (χ1) is 16.7. The summed E-state index contributed by atoms with van der Waals surface area (Å²) < 4.78 is 4.51. The molecule has 3 aromatic heterocycles. The van der Waals surface area contributed by atoms with Gasteiger partial charge in [-0.05, 0) is 61.7 Å². The summed E-state index contributed by atoms with van der Waals surface area (Å²) in [6, 6.07) is 18.9. The third-order valence-corrected chi connectivity index (χ3v) is 7.19. The number of nitrogens with one attached hydrogen (secondary N) is 1. The first-order valence-corrected chi connectivity index (χ1v) is 11.9. The second-order valence-corrected chi connectivity index (χ2v) is 9.30. The molecule has 0 radical (unpaired) electrons. The van der Waals surface area contributed by atoms with Crippen LogP contribution in [0.25, 0.3) is 49.0 Å². The van der Waals surface area contributed by atoms with E-state index in [9.17, 15) is 0 Å². The molecule has 0 amide bonds. The molecule has 0 saturated carbocycles. The van der Waals surface area contributed by atoms with Gasteiger partial charge in [0.05, 0.1) is 24.0 Å². The molecule has 0 bridgehead atoms. The number of benzene rings is 2. The second kappa shape index (κ2) is 8.48. The van der Waals surface area contributed by atoms with Crippen LogP contribution in [0.2, 0.25) is 0 Å². The van der Waals surface area contributed by atoms with Gasteiger partial charge in [0.2, 0.25) is 0 Å². The average Bonchev–Trinajstić information content (AvgIpc) is 3.47. The van der Waals surface area contributed by atoms with Crippen molar-refractivity contribution >= 4 is 27.5 Å². The fourth-order valence-corrected chi connectivity index (χ4v) is 5.30. The SMILES string of the molecule is [C-]#[N+]c1ccc(-c2c(-c3ccc4c(ccn4C)c3)ncc3c2ccn3CC2CCNCC2)cc1. The Morgan fingerprint density at radius 2 is 1.76 bits per heavy atom. The first-order valence-electron chi connectivity index (χ1n) is 11.9. The molecule has 0 unspecified atom stereocenters. The molecule has 5 heteroatoms. The molecule has 5 nitrogen and oxygen atoms in total. The summed E-state index contributed by atoms with van der Waals surface area (Å²) >= 11 is 0. The van der Waals surface area contributed by atoms with Crippen LogP contribution in [0.1, 0.15) is 12.8 Å². The van der Waals surface area contributed by atoms with E-state index in [1.165, 1.54) is 34.6 Å². The van der Waals surface area contributed by atoms with Gasteiger partial charge in [0, 0.05) is 53.4 Å². The number of aryl methyl sites for hydroxylation is 1. The smallest absolute Gasteiger partial charge is 0.187 e. The van der Waals surface area contributed by atoms with E-state index >= 15 is 0 Å². The monoisotopic (exact) mass is 445 g/mol. The van der Waals surface area contributed by atoms with Gasteiger partial charge in [-0.2, -0.15) is 0 Å². The van der Waals surface area contributed by atoms with Gasteiger partial charge in [-0.3, -0.25) is 4.98 Å². The average molecular weight is 446 g/mol. The van der Waals surface area contributed by atoms with Gasteiger partial charge in [-0.15, -0.1) is 0 Å². The second-order valence-electron chi connectivity index (χ2n) is 9.30. The number of rotatable bonds is 4. The number of fused-ring (bicyclic) bond motifs is 2. The normalized spacial score (nSPS) is 14.6. The molecule has 6 rings (SSSR count). The van der Waals surface area contributed by atoms with Crippen LogP contribution in [0.5, 0.6) is 0 Å². The topological polar surface area (TPSA) is 39.1 Å². The van der Waals surface area contributed by atoms with Crippen LogP contribution < -0.4 is 5.32 Å². The van der Waals surface area contributed by atoms with Gasteiger partial charge in [-0.25, -0.2) is 4.85 Å². The van der Waals surface area contributed by atoms with Crippen molar-refractivity contribution in [3.63, 3.8) is 0 Å². The number of nitrogens with zero attached hydrogens (tertiary/aromatic N) is 4. The van der Waals surface area contributed by atoms with E-state index in [0.717, 1.165) is 42.0 Å². The Bertz CT molecular complexity index is 1530. The van der Waals surface area contributed by atoms with Crippen molar-refractivity contribution in [3.05, 3.63) is 84.6 Å². The zero-order valence-electron chi connectivity index (χ0n) is 19.3. The predicted molar refractivity (Wildman–Crippen MR) is 139 cm³/mol. The zero-order chi connectivity index (χ0) is 23.1. The Hall–Kier alpha value is -3.88. The molecule has 0 spiro atoms. The van der Waals surface area contributed by atoms with Crippen molar-refractivity contribution in [2.75, 3.05) is 13.1 Å². The number of piperidine rings is 1. The van der Waals surface area contributed by atoms with Crippen molar-refractivity contribution in [3.8, 4) is 22.4 Å². The summed E-state index contributed by atoms with van der Waals surface area (Å²) in [5.74, 6) is 0.693. The fourth-order valence-electron chi connectivity index (χ4n) is 5.30. The highest BCUT2D eigenvalue weighted by Gasteiger charge is 2.19. The van der Waals surface area contributed by atoms with Crippen LogP contribution in [0.4, 0.5) is 5.69 Å². The standard InChI is InChI=1S/C29H27N5/c1-30-24-6-3-21(4-7-24)28-25-12-16-34(19-20-9-13-31-14-10-20)27(25)18-32-29(28)23-5-8-26-22(17-23)11-15-33(26)2/h3-8,11-12,15-18,20,31H,9-10,13-14,19H2,2H3.